The van der Waals surface area contributed by atoms with Gasteiger partial charge in [-0.25, -0.2) is 9.97 Å². The highest BCUT2D eigenvalue weighted by atomic mass is 15.3. The van der Waals surface area contributed by atoms with Gasteiger partial charge in [-0.2, -0.15) is 15.4 Å². The Bertz CT molecular complexity index is 491. The number of aryl methyl sites for hydroxylation is 2. The molecule has 0 atom stereocenters. The molecule has 0 radical (unpaired) electrons. The van der Waals surface area contributed by atoms with Gasteiger partial charge in [0.25, 0.3) is 0 Å². The molecule has 0 fully saturated rings. The average Bonchev–Trinajstić information content (AvgIpc) is 2.78. The van der Waals surface area contributed by atoms with Crippen LogP contribution in [0.3, 0.4) is 0 Å². The predicted molar refractivity (Wildman–Crippen MR) is 64.8 cm³/mol. The van der Waals surface area contributed by atoms with E-state index in [4.69, 9.17) is 0 Å². The van der Waals surface area contributed by atoms with Gasteiger partial charge in [-0.3, -0.25) is 0 Å². The number of aromatic amines is 1. The number of H-pyrrole nitrogens is 1. The number of anilines is 1. The molecule has 0 unspecified atom stereocenters. The molecule has 0 aliphatic carbocycles. The van der Waals surface area contributed by atoms with Crippen molar-refractivity contribution in [2.24, 2.45) is 0 Å². The van der Waals surface area contributed by atoms with Crippen LogP contribution in [0.5, 0.6) is 0 Å². The van der Waals surface area contributed by atoms with E-state index in [9.17, 15) is 0 Å². The van der Waals surface area contributed by atoms with Crippen LogP contribution in [0.2, 0.25) is 0 Å². The highest BCUT2D eigenvalue weighted by molar-refractivity contribution is 5.45. The van der Waals surface area contributed by atoms with Gasteiger partial charge in [0.05, 0.1) is 11.9 Å². The minimum atomic E-state index is 0.781. The van der Waals surface area contributed by atoms with Crippen molar-refractivity contribution in [3.63, 3.8) is 0 Å². The zero-order chi connectivity index (χ0) is 12.3. The summed E-state index contributed by atoms with van der Waals surface area (Å²) in [7, 11) is 0. The SMILES string of the molecule is Cc1nc(C)c(C)c(NCCc2cn[nH]n2)n1. The minimum absolute atomic E-state index is 0.781. The summed E-state index contributed by atoms with van der Waals surface area (Å²) in [5.74, 6) is 1.69. The third-order valence-corrected chi connectivity index (χ3v) is 2.64. The molecule has 90 valence electrons. The smallest absolute Gasteiger partial charge is 0.132 e. The van der Waals surface area contributed by atoms with Crippen molar-refractivity contribution >= 4 is 5.82 Å². The van der Waals surface area contributed by atoms with Gasteiger partial charge >= 0.3 is 0 Å². The van der Waals surface area contributed by atoms with Crippen LogP contribution in [0, 0.1) is 20.8 Å². The van der Waals surface area contributed by atoms with Crippen LogP contribution in [-0.2, 0) is 6.42 Å². The molecule has 0 saturated carbocycles. The lowest BCUT2D eigenvalue weighted by molar-refractivity contribution is 0.885. The molecule has 2 rings (SSSR count). The predicted octanol–water partition coefficient (Wildman–Crippen LogP) is 1.17. The topological polar surface area (TPSA) is 79.4 Å². The van der Waals surface area contributed by atoms with Gasteiger partial charge in [-0.15, -0.1) is 0 Å². The summed E-state index contributed by atoms with van der Waals surface area (Å²) in [6.07, 6.45) is 2.54. The number of nitrogens with zero attached hydrogens (tertiary/aromatic N) is 4. The molecule has 0 spiro atoms. The first-order valence-electron chi connectivity index (χ1n) is 5.57. The molecule has 0 saturated heterocycles. The lowest BCUT2D eigenvalue weighted by Crippen LogP contribution is -2.10. The summed E-state index contributed by atoms with van der Waals surface area (Å²) in [4.78, 5) is 8.70. The number of aromatic nitrogens is 5. The van der Waals surface area contributed by atoms with E-state index in [0.717, 1.165) is 41.6 Å². The fourth-order valence-electron chi connectivity index (χ4n) is 1.60. The van der Waals surface area contributed by atoms with Crippen molar-refractivity contribution in [2.45, 2.75) is 27.2 Å². The maximum atomic E-state index is 4.39. The van der Waals surface area contributed by atoms with Gasteiger partial charge in [0.2, 0.25) is 0 Å². The summed E-state index contributed by atoms with van der Waals surface area (Å²) < 4.78 is 0. The van der Waals surface area contributed by atoms with E-state index in [1.165, 1.54) is 0 Å². The second-order valence-corrected chi connectivity index (χ2v) is 3.97. The minimum Gasteiger partial charge on any atom is -0.369 e. The number of hydrogen-bond acceptors (Lipinski definition) is 5. The maximum Gasteiger partial charge on any atom is 0.132 e. The number of hydrogen-bond donors (Lipinski definition) is 2. The molecular formula is C11H16N6. The van der Waals surface area contributed by atoms with Crippen molar-refractivity contribution < 1.29 is 0 Å². The quantitative estimate of drug-likeness (QED) is 0.827. The summed E-state index contributed by atoms with van der Waals surface area (Å²) >= 11 is 0. The highest BCUT2D eigenvalue weighted by Gasteiger charge is 2.05. The van der Waals surface area contributed by atoms with Gasteiger partial charge in [0.1, 0.15) is 11.6 Å². The van der Waals surface area contributed by atoms with Crippen molar-refractivity contribution in [1.29, 1.82) is 0 Å². The summed E-state index contributed by atoms with van der Waals surface area (Å²) in [6, 6.07) is 0. The van der Waals surface area contributed by atoms with Crippen molar-refractivity contribution in [3.05, 3.63) is 29.0 Å². The molecule has 2 N–H and O–H groups in total. The van der Waals surface area contributed by atoms with Crippen LogP contribution in [0.1, 0.15) is 22.8 Å². The fraction of sp³-hybridized carbons (Fsp3) is 0.455. The highest BCUT2D eigenvalue weighted by Crippen LogP contribution is 2.14. The third kappa shape index (κ3) is 2.77. The maximum absolute atomic E-state index is 4.39. The molecule has 2 aromatic heterocycles. The first kappa shape index (κ1) is 11.5. The molecular weight excluding hydrogens is 216 g/mol. The van der Waals surface area contributed by atoms with Gasteiger partial charge in [0, 0.05) is 24.2 Å². The Kier molecular flexibility index (Phi) is 3.32. The Morgan fingerprint density at radius 2 is 2.06 bits per heavy atom. The van der Waals surface area contributed by atoms with E-state index in [-0.39, 0.29) is 0 Å². The zero-order valence-corrected chi connectivity index (χ0v) is 10.3. The van der Waals surface area contributed by atoms with E-state index in [1.807, 2.05) is 20.8 Å². The summed E-state index contributed by atoms with van der Waals surface area (Å²) in [5, 5.41) is 13.7. The van der Waals surface area contributed by atoms with Gasteiger partial charge < -0.3 is 5.32 Å². The van der Waals surface area contributed by atoms with Gasteiger partial charge in [0.15, 0.2) is 0 Å². The first-order valence-corrected chi connectivity index (χ1v) is 5.57. The van der Waals surface area contributed by atoms with E-state index >= 15 is 0 Å². The van der Waals surface area contributed by atoms with Crippen LogP contribution < -0.4 is 5.32 Å². The first-order chi connectivity index (χ1) is 8.16. The lowest BCUT2D eigenvalue weighted by atomic mass is 10.2. The van der Waals surface area contributed by atoms with Crippen LogP contribution in [-0.4, -0.2) is 31.9 Å². The second kappa shape index (κ2) is 4.90. The Balaban J connectivity index is 1.99. The van der Waals surface area contributed by atoms with Crippen molar-refractivity contribution in [3.8, 4) is 0 Å². The molecule has 0 aliphatic rings. The normalized spacial score (nSPS) is 10.5. The molecule has 17 heavy (non-hydrogen) atoms. The number of rotatable bonds is 4. The average molecular weight is 232 g/mol. The van der Waals surface area contributed by atoms with Crippen molar-refractivity contribution in [2.75, 3.05) is 11.9 Å². The third-order valence-electron chi connectivity index (χ3n) is 2.64. The fourth-order valence-corrected chi connectivity index (χ4v) is 1.60. The Labute approximate surface area is 99.9 Å². The van der Waals surface area contributed by atoms with Crippen LogP contribution in [0.25, 0.3) is 0 Å². The van der Waals surface area contributed by atoms with Gasteiger partial charge in [-0.1, -0.05) is 0 Å². The molecule has 2 aromatic rings. The van der Waals surface area contributed by atoms with E-state index in [1.54, 1.807) is 6.20 Å². The molecule has 0 aliphatic heterocycles. The molecule has 0 amide bonds. The summed E-state index contributed by atoms with van der Waals surface area (Å²) in [5.41, 5.74) is 3.05. The Hall–Kier alpha value is -1.98. The van der Waals surface area contributed by atoms with Crippen LogP contribution in [0.15, 0.2) is 6.20 Å². The lowest BCUT2D eigenvalue weighted by Gasteiger charge is -2.10. The van der Waals surface area contributed by atoms with Crippen molar-refractivity contribution in [1.82, 2.24) is 25.4 Å². The van der Waals surface area contributed by atoms with Gasteiger partial charge in [-0.05, 0) is 20.8 Å². The molecule has 6 nitrogen and oxygen atoms in total. The molecule has 6 heteroatoms. The molecule has 2 heterocycles. The van der Waals surface area contributed by atoms with Crippen LogP contribution in [0.4, 0.5) is 5.82 Å². The molecule has 0 bridgehead atoms. The molecule has 0 aromatic carbocycles. The van der Waals surface area contributed by atoms with E-state index in [2.05, 4.69) is 30.7 Å². The Morgan fingerprint density at radius 3 is 2.76 bits per heavy atom. The largest absolute Gasteiger partial charge is 0.369 e. The zero-order valence-electron chi connectivity index (χ0n) is 10.3. The second-order valence-electron chi connectivity index (χ2n) is 3.97. The van der Waals surface area contributed by atoms with E-state index < -0.39 is 0 Å². The van der Waals surface area contributed by atoms with E-state index in [0.29, 0.717) is 0 Å². The monoisotopic (exact) mass is 232 g/mol. The number of nitrogens with one attached hydrogen (secondary N) is 2. The summed E-state index contributed by atoms with van der Waals surface area (Å²) in [6.45, 7) is 6.69. The Morgan fingerprint density at radius 1 is 1.24 bits per heavy atom. The standard InChI is InChI=1S/C11H16N6/c1-7-8(2)14-9(3)15-11(7)12-5-4-10-6-13-17-16-10/h6H,4-5H2,1-3H3,(H,12,14,15)(H,13,16,17). The van der Waals surface area contributed by atoms with Crippen LogP contribution >= 0.6 is 0 Å².